The van der Waals surface area contributed by atoms with Gasteiger partial charge >= 0.3 is 0 Å². The second-order valence-corrected chi connectivity index (χ2v) is 7.78. The van der Waals surface area contributed by atoms with Gasteiger partial charge in [0.25, 0.3) is 0 Å². The number of nitrogens with two attached hydrogens (primary N) is 1. The fourth-order valence-corrected chi connectivity index (χ4v) is 4.29. The Kier molecular flexibility index (Phi) is 4.38. The van der Waals surface area contributed by atoms with Gasteiger partial charge < -0.3 is 15.2 Å². The average Bonchev–Trinajstić information content (AvgIpc) is 3.31. The van der Waals surface area contributed by atoms with E-state index in [1.165, 1.54) is 0 Å². The van der Waals surface area contributed by atoms with Crippen LogP contribution in [0.15, 0.2) is 60.9 Å². The van der Waals surface area contributed by atoms with Gasteiger partial charge in [0, 0.05) is 24.1 Å². The number of piperidine rings is 1. The predicted molar refractivity (Wildman–Crippen MR) is 119 cm³/mol. The van der Waals surface area contributed by atoms with E-state index in [1.54, 1.807) is 5.01 Å². The van der Waals surface area contributed by atoms with Crippen LogP contribution in [0.3, 0.4) is 0 Å². The molecule has 2 aromatic carbocycles. The number of nitrogens with zero attached hydrogens (tertiary/aromatic N) is 3. The van der Waals surface area contributed by atoms with E-state index in [1.807, 2.05) is 18.0 Å². The van der Waals surface area contributed by atoms with Crippen molar-refractivity contribution in [2.45, 2.75) is 18.8 Å². The molecule has 3 heterocycles. The Morgan fingerprint density at radius 2 is 1.79 bits per heavy atom. The summed E-state index contributed by atoms with van der Waals surface area (Å²) in [5, 5.41) is 5.08. The molecule has 0 radical (unpaired) electrons. The molecule has 1 saturated heterocycles. The smallest absolute Gasteiger partial charge is 0.120 e. The van der Waals surface area contributed by atoms with Crippen molar-refractivity contribution in [2.75, 3.05) is 30.0 Å². The zero-order valence-electron chi connectivity index (χ0n) is 16.7. The Morgan fingerprint density at radius 3 is 2.55 bits per heavy atom. The summed E-state index contributed by atoms with van der Waals surface area (Å²) >= 11 is 0. The Balaban J connectivity index is 1.63. The van der Waals surface area contributed by atoms with Crippen molar-refractivity contribution in [1.29, 1.82) is 0 Å². The SMILES string of the molecule is C=C1N(C)c2ccc(-c3nc(C4CCNCC4)[nH]c3-c3ccccc3)cc2N1N. The molecule has 4 N–H and O–H groups in total. The molecule has 148 valence electrons. The van der Waals surface area contributed by atoms with Crippen molar-refractivity contribution in [3.05, 3.63) is 66.8 Å². The average molecular weight is 387 g/mol. The van der Waals surface area contributed by atoms with E-state index in [9.17, 15) is 0 Å². The summed E-state index contributed by atoms with van der Waals surface area (Å²) in [4.78, 5) is 10.7. The first kappa shape index (κ1) is 18.0. The van der Waals surface area contributed by atoms with Crippen molar-refractivity contribution in [3.8, 4) is 22.5 Å². The number of benzene rings is 2. The molecule has 0 amide bonds. The van der Waals surface area contributed by atoms with Gasteiger partial charge in [-0.2, -0.15) is 0 Å². The summed E-state index contributed by atoms with van der Waals surface area (Å²) < 4.78 is 0. The number of anilines is 2. The number of hydrogen-bond donors (Lipinski definition) is 3. The maximum absolute atomic E-state index is 6.26. The summed E-state index contributed by atoms with van der Waals surface area (Å²) in [6.07, 6.45) is 2.21. The molecule has 2 aliphatic rings. The minimum atomic E-state index is 0.457. The third kappa shape index (κ3) is 3.01. The van der Waals surface area contributed by atoms with Crippen LogP contribution in [0, 0.1) is 0 Å². The molecule has 3 aromatic rings. The minimum absolute atomic E-state index is 0.457. The Labute approximate surface area is 171 Å². The number of nitrogens with one attached hydrogen (secondary N) is 2. The Bertz CT molecular complexity index is 1050. The van der Waals surface area contributed by atoms with Gasteiger partial charge in [0.2, 0.25) is 0 Å². The number of imidazole rings is 1. The minimum Gasteiger partial charge on any atom is -0.341 e. The van der Waals surface area contributed by atoms with Crippen LogP contribution in [0.25, 0.3) is 22.5 Å². The number of fused-ring (bicyclic) bond motifs is 1. The van der Waals surface area contributed by atoms with E-state index in [2.05, 4.69) is 59.3 Å². The molecular formula is C23H26N6. The van der Waals surface area contributed by atoms with Crippen molar-refractivity contribution >= 4 is 11.4 Å². The molecule has 6 heteroatoms. The molecule has 1 aromatic heterocycles. The van der Waals surface area contributed by atoms with Crippen LogP contribution >= 0.6 is 0 Å². The highest BCUT2D eigenvalue weighted by molar-refractivity contribution is 5.87. The highest BCUT2D eigenvalue weighted by Crippen LogP contribution is 2.42. The fourth-order valence-electron chi connectivity index (χ4n) is 4.29. The second kappa shape index (κ2) is 7.06. The lowest BCUT2D eigenvalue weighted by molar-refractivity contribution is 0.447. The molecule has 5 rings (SSSR count). The molecule has 0 bridgehead atoms. The topological polar surface area (TPSA) is 73.2 Å². The second-order valence-electron chi connectivity index (χ2n) is 7.78. The quantitative estimate of drug-likeness (QED) is 0.597. The van der Waals surface area contributed by atoms with Crippen molar-refractivity contribution < 1.29 is 0 Å². The predicted octanol–water partition coefficient (Wildman–Crippen LogP) is 3.81. The van der Waals surface area contributed by atoms with Gasteiger partial charge in [-0.05, 0) is 38.1 Å². The zero-order valence-corrected chi connectivity index (χ0v) is 16.7. The maximum atomic E-state index is 6.26. The summed E-state index contributed by atoms with van der Waals surface area (Å²) in [5.41, 5.74) is 6.23. The molecule has 0 spiro atoms. The first-order valence-corrected chi connectivity index (χ1v) is 10.1. The number of aromatic nitrogens is 2. The molecule has 0 unspecified atom stereocenters. The summed E-state index contributed by atoms with van der Waals surface area (Å²) in [5.74, 6) is 8.55. The molecule has 6 nitrogen and oxygen atoms in total. The molecular weight excluding hydrogens is 360 g/mol. The third-order valence-electron chi connectivity index (χ3n) is 6.05. The third-order valence-corrected chi connectivity index (χ3v) is 6.05. The number of hydrazine groups is 1. The molecule has 29 heavy (non-hydrogen) atoms. The monoisotopic (exact) mass is 386 g/mol. The van der Waals surface area contributed by atoms with Crippen molar-refractivity contribution in [3.63, 3.8) is 0 Å². The van der Waals surface area contributed by atoms with Crippen LogP contribution in [0.5, 0.6) is 0 Å². The lowest BCUT2D eigenvalue weighted by Crippen LogP contribution is -2.30. The first-order chi connectivity index (χ1) is 14.1. The molecule has 2 aliphatic heterocycles. The number of rotatable bonds is 3. The van der Waals surface area contributed by atoms with Gasteiger partial charge in [0.15, 0.2) is 0 Å². The van der Waals surface area contributed by atoms with Gasteiger partial charge in [-0.3, -0.25) is 5.01 Å². The number of H-pyrrole nitrogens is 1. The van der Waals surface area contributed by atoms with Crippen molar-refractivity contribution in [1.82, 2.24) is 15.3 Å². The van der Waals surface area contributed by atoms with E-state index in [0.717, 1.165) is 71.5 Å². The lowest BCUT2D eigenvalue weighted by atomic mass is 9.97. The van der Waals surface area contributed by atoms with Crippen LogP contribution in [-0.4, -0.2) is 30.1 Å². The van der Waals surface area contributed by atoms with Crippen molar-refractivity contribution in [2.24, 2.45) is 5.84 Å². The van der Waals surface area contributed by atoms with Gasteiger partial charge in [0.05, 0.1) is 22.8 Å². The molecule has 1 fully saturated rings. The summed E-state index contributed by atoms with van der Waals surface area (Å²) in [6, 6.07) is 16.7. The summed E-state index contributed by atoms with van der Waals surface area (Å²) in [6.45, 7) is 6.14. The first-order valence-electron chi connectivity index (χ1n) is 10.1. The highest BCUT2D eigenvalue weighted by Gasteiger charge is 2.27. The van der Waals surface area contributed by atoms with Gasteiger partial charge in [0.1, 0.15) is 11.6 Å². The highest BCUT2D eigenvalue weighted by atomic mass is 15.5. The maximum Gasteiger partial charge on any atom is 0.120 e. The Hall–Kier alpha value is -3.09. The summed E-state index contributed by atoms with van der Waals surface area (Å²) in [7, 11) is 1.98. The van der Waals surface area contributed by atoms with Crippen LogP contribution in [0.1, 0.15) is 24.6 Å². The Morgan fingerprint density at radius 1 is 1.03 bits per heavy atom. The van der Waals surface area contributed by atoms with Gasteiger partial charge in [-0.15, -0.1) is 0 Å². The zero-order chi connectivity index (χ0) is 20.0. The standard InChI is InChI=1S/C23H26N6/c1-15-28(2)19-9-8-18(14-20(19)29(15)24)22-21(16-6-4-3-5-7-16)26-23(27-22)17-10-12-25-13-11-17/h3-9,14,17,25H,1,10-13,24H2,2H3,(H,26,27). The largest absolute Gasteiger partial charge is 0.341 e. The van der Waals surface area contributed by atoms with Crippen LogP contribution in [0.4, 0.5) is 11.4 Å². The van der Waals surface area contributed by atoms with Crippen LogP contribution in [0.2, 0.25) is 0 Å². The van der Waals surface area contributed by atoms with Gasteiger partial charge in [-0.25, -0.2) is 10.8 Å². The van der Waals surface area contributed by atoms with Crippen LogP contribution < -0.4 is 21.1 Å². The number of hydrogen-bond acceptors (Lipinski definition) is 5. The van der Waals surface area contributed by atoms with E-state index in [-0.39, 0.29) is 0 Å². The van der Waals surface area contributed by atoms with Crippen LogP contribution in [-0.2, 0) is 0 Å². The lowest BCUT2D eigenvalue weighted by Gasteiger charge is -2.20. The van der Waals surface area contributed by atoms with E-state index in [4.69, 9.17) is 10.8 Å². The fraction of sp³-hybridized carbons (Fsp3) is 0.261. The van der Waals surface area contributed by atoms with E-state index < -0.39 is 0 Å². The molecule has 0 aliphatic carbocycles. The number of aromatic amines is 1. The van der Waals surface area contributed by atoms with Gasteiger partial charge in [-0.1, -0.05) is 43.0 Å². The molecule has 0 saturated carbocycles. The molecule has 0 atom stereocenters. The van der Waals surface area contributed by atoms with E-state index in [0.29, 0.717) is 5.92 Å². The van der Waals surface area contributed by atoms with E-state index >= 15 is 0 Å². The normalized spacial score (nSPS) is 17.1.